The van der Waals surface area contributed by atoms with Crippen molar-refractivity contribution in [1.29, 1.82) is 0 Å². The first-order valence-corrected chi connectivity index (χ1v) is 7.84. The number of rotatable bonds is 5. The van der Waals surface area contributed by atoms with Crippen LogP contribution < -0.4 is 0 Å². The maximum atomic E-state index is 12.2. The summed E-state index contributed by atoms with van der Waals surface area (Å²) >= 11 is 5.42. The van der Waals surface area contributed by atoms with Crippen LogP contribution in [0.2, 0.25) is 0 Å². The van der Waals surface area contributed by atoms with Crippen molar-refractivity contribution in [2.24, 2.45) is 0 Å². The fourth-order valence-electron chi connectivity index (χ4n) is 2.88. The molecular formula is C19H15ClN2O2. The lowest BCUT2D eigenvalue weighted by Crippen LogP contribution is -2.13. The van der Waals surface area contributed by atoms with Crippen molar-refractivity contribution in [2.75, 3.05) is 0 Å². The second-order valence-electron chi connectivity index (χ2n) is 5.51. The maximum Gasteiger partial charge on any atom is 0.294 e. The van der Waals surface area contributed by atoms with Crippen molar-refractivity contribution < 1.29 is 9.59 Å². The maximum absolute atomic E-state index is 12.2. The minimum absolute atomic E-state index is 0.200. The van der Waals surface area contributed by atoms with Crippen molar-refractivity contribution >= 4 is 22.6 Å². The highest BCUT2D eigenvalue weighted by Gasteiger charge is 2.27. The molecule has 120 valence electrons. The van der Waals surface area contributed by atoms with Crippen molar-refractivity contribution in [3.63, 3.8) is 0 Å². The van der Waals surface area contributed by atoms with E-state index in [1.165, 1.54) is 0 Å². The SMILES string of the molecule is Cc1cc(C(c2ccccc2)c2ccncc2)c(C(=O)C(=O)Cl)[nH]1. The van der Waals surface area contributed by atoms with Gasteiger partial charge in [0.15, 0.2) is 0 Å². The van der Waals surface area contributed by atoms with Crippen LogP contribution in [0, 0.1) is 6.92 Å². The fraction of sp³-hybridized carbons (Fsp3) is 0.105. The van der Waals surface area contributed by atoms with Crippen LogP contribution in [0.3, 0.4) is 0 Å². The number of nitrogens with zero attached hydrogens (tertiary/aromatic N) is 1. The summed E-state index contributed by atoms with van der Waals surface area (Å²) in [4.78, 5) is 30.6. The summed E-state index contributed by atoms with van der Waals surface area (Å²) in [6.45, 7) is 1.84. The number of hydrogen-bond acceptors (Lipinski definition) is 3. The molecule has 0 bridgehead atoms. The van der Waals surface area contributed by atoms with Gasteiger partial charge in [-0.25, -0.2) is 0 Å². The molecule has 0 saturated carbocycles. The third kappa shape index (κ3) is 3.14. The van der Waals surface area contributed by atoms with Gasteiger partial charge < -0.3 is 4.98 Å². The summed E-state index contributed by atoms with van der Waals surface area (Å²) < 4.78 is 0. The Morgan fingerprint density at radius 3 is 2.29 bits per heavy atom. The van der Waals surface area contributed by atoms with Gasteiger partial charge in [0, 0.05) is 24.0 Å². The van der Waals surface area contributed by atoms with Crippen LogP contribution in [0.25, 0.3) is 0 Å². The number of aromatic amines is 1. The molecule has 2 heterocycles. The van der Waals surface area contributed by atoms with Gasteiger partial charge in [0.05, 0.1) is 5.69 Å². The highest BCUT2D eigenvalue weighted by molar-refractivity contribution is 6.83. The van der Waals surface area contributed by atoms with Crippen LogP contribution in [-0.2, 0) is 4.79 Å². The zero-order valence-electron chi connectivity index (χ0n) is 13.0. The monoisotopic (exact) mass is 338 g/mol. The highest BCUT2D eigenvalue weighted by Crippen LogP contribution is 2.34. The number of nitrogens with one attached hydrogen (secondary N) is 1. The number of carbonyl (C=O) groups excluding carboxylic acids is 2. The van der Waals surface area contributed by atoms with Gasteiger partial charge in [-0.15, -0.1) is 0 Å². The van der Waals surface area contributed by atoms with Gasteiger partial charge in [-0.2, -0.15) is 0 Å². The molecule has 0 spiro atoms. The summed E-state index contributed by atoms with van der Waals surface area (Å²) in [6.07, 6.45) is 3.41. The van der Waals surface area contributed by atoms with Gasteiger partial charge >= 0.3 is 0 Å². The number of ketones is 1. The van der Waals surface area contributed by atoms with Gasteiger partial charge in [0.25, 0.3) is 11.0 Å². The molecule has 1 atom stereocenters. The molecule has 1 N–H and O–H groups in total. The summed E-state index contributed by atoms with van der Waals surface area (Å²) in [7, 11) is 0. The topological polar surface area (TPSA) is 62.8 Å². The third-order valence-corrected chi connectivity index (χ3v) is 4.04. The third-order valence-electron chi connectivity index (χ3n) is 3.87. The number of halogens is 1. The molecule has 1 aromatic carbocycles. The molecule has 0 saturated heterocycles. The van der Waals surface area contributed by atoms with E-state index in [1.54, 1.807) is 12.4 Å². The van der Waals surface area contributed by atoms with Crippen LogP contribution in [0.5, 0.6) is 0 Å². The van der Waals surface area contributed by atoms with E-state index >= 15 is 0 Å². The quantitative estimate of drug-likeness (QED) is 0.436. The number of pyridine rings is 1. The molecule has 4 nitrogen and oxygen atoms in total. The first kappa shape index (κ1) is 16.1. The van der Waals surface area contributed by atoms with E-state index in [4.69, 9.17) is 11.6 Å². The fourth-order valence-corrected chi connectivity index (χ4v) is 2.97. The normalized spacial score (nSPS) is 11.9. The molecule has 1 unspecified atom stereocenters. The first-order chi connectivity index (χ1) is 11.6. The largest absolute Gasteiger partial charge is 0.356 e. The van der Waals surface area contributed by atoms with E-state index in [9.17, 15) is 9.59 Å². The average molecular weight is 339 g/mol. The Morgan fingerprint density at radius 2 is 1.67 bits per heavy atom. The van der Waals surface area contributed by atoms with E-state index in [1.807, 2.05) is 55.5 Å². The standard InChI is InChI=1S/C19H15ClN2O2/c1-12-11-15(17(22-12)18(23)19(20)24)16(13-5-3-2-4-6-13)14-7-9-21-10-8-14/h2-11,16,22H,1H3. The molecule has 0 radical (unpaired) electrons. The molecule has 0 aliphatic carbocycles. The Balaban J connectivity index is 2.21. The summed E-state index contributed by atoms with van der Waals surface area (Å²) in [5, 5.41) is -1.00. The molecule has 5 heteroatoms. The Kier molecular flexibility index (Phi) is 4.58. The smallest absolute Gasteiger partial charge is 0.294 e. The lowest BCUT2D eigenvalue weighted by Gasteiger charge is -2.18. The molecule has 3 aromatic rings. The molecule has 24 heavy (non-hydrogen) atoms. The van der Waals surface area contributed by atoms with Gasteiger partial charge in [0.1, 0.15) is 0 Å². The van der Waals surface area contributed by atoms with Gasteiger partial charge in [0.2, 0.25) is 0 Å². The number of aryl methyl sites for hydroxylation is 1. The summed E-state index contributed by atoms with van der Waals surface area (Å²) in [6, 6.07) is 15.5. The molecule has 0 amide bonds. The zero-order valence-corrected chi connectivity index (χ0v) is 13.7. The van der Waals surface area contributed by atoms with E-state index in [0.29, 0.717) is 0 Å². The predicted octanol–water partition coefficient (Wildman–Crippen LogP) is 3.85. The van der Waals surface area contributed by atoms with Crippen molar-refractivity contribution in [3.8, 4) is 0 Å². The zero-order chi connectivity index (χ0) is 17.1. The van der Waals surface area contributed by atoms with Crippen LogP contribution in [-0.4, -0.2) is 21.0 Å². The molecule has 0 fully saturated rings. The van der Waals surface area contributed by atoms with E-state index in [2.05, 4.69) is 9.97 Å². The van der Waals surface area contributed by atoms with Gasteiger partial charge in [-0.3, -0.25) is 14.6 Å². The van der Waals surface area contributed by atoms with Gasteiger partial charge in [-0.1, -0.05) is 30.3 Å². The van der Waals surface area contributed by atoms with E-state index in [-0.39, 0.29) is 11.6 Å². The molecule has 0 aliphatic heterocycles. The van der Waals surface area contributed by atoms with Crippen LogP contribution in [0.1, 0.15) is 38.8 Å². The number of H-pyrrole nitrogens is 1. The lowest BCUT2D eigenvalue weighted by molar-refractivity contribution is -0.108. The Morgan fingerprint density at radius 1 is 1.04 bits per heavy atom. The molecule has 3 rings (SSSR count). The van der Waals surface area contributed by atoms with E-state index in [0.717, 1.165) is 22.4 Å². The predicted molar refractivity (Wildman–Crippen MR) is 92.3 cm³/mol. The van der Waals surface area contributed by atoms with Crippen LogP contribution >= 0.6 is 11.6 Å². The van der Waals surface area contributed by atoms with Gasteiger partial charge in [-0.05, 0) is 53.4 Å². The first-order valence-electron chi connectivity index (χ1n) is 7.46. The second-order valence-corrected chi connectivity index (χ2v) is 5.85. The lowest BCUT2D eigenvalue weighted by atomic mass is 9.85. The number of carbonyl (C=O) groups is 2. The molecule has 0 aliphatic rings. The van der Waals surface area contributed by atoms with E-state index < -0.39 is 11.0 Å². The number of hydrogen-bond donors (Lipinski definition) is 1. The second kappa shape index (κ2) is 6.81. The van der Waals surface area contributed by atoms with Crippen LogP contribution in [0.15, 0.2) is 60.9 Å². The Labute approximate surface area is 144 Å². The minimum Gasteiger partial charge on any atom is -0.356 e. The number of aromatic nitrogens is 2. The number of benzene rings is 1. The summed E-state index contributed by atoms with van der Waals surface area (Å²) in [5.74, 6) is -0.927. The Bertz CT molecular complexity index is 833. The number of Topliss-reactive ketones (excluding diaryl/α,β-unsaturated/α-hetero) is 1. The molecular weight excluding hydrogens is 324 g/mol. The summed E-state index contributed by atoms with van der Waals surface area (Å²) in [5.41, 5.74) is 3.74. The Hall–Kier alpha value is -2.72. The highest BCUT2D eigenvalue weighted by atomic mass is 35.5. The average Bonchev–Trinajstić information content (AvgIpc) is 2.97. The van der Waals surface area contributed by atoms with Crippen molar-refractivity contribution in [1.82, 2.24) is 9.97 Å². The van der Waals surface area contributed by atoms with Crippen molar-refractivity contribution in [2.45, 2.75) is 12.8 Å². The van der Waals surface area contributed by atoms with Crippen LogP contribution in [0.4, 0.5) is 0 Å². The van der Waals surface area contributed by atoms with Crippen molar-refractivity contribution in [3.05, 3.63) is 89.0 Å². The minimum atomic E-state index is -1.00. The molecule has 2 aromatic heterocycles.